The zero-order valence-corrected chi connectivity index (χ0v) is 15.6. The van der Waals surface area contributed by atoms with E-state index in [0.29, 0.717) is 18.2 Å². The Morgan fingerprint density at radius 2 is 1.62 bits per heavy atom. The zero-order chi connectivity index (χ0) is 17.1. The van der Waals surface area contributed by atoms with Crippen LogP contribution in [0.3, 0.4) is 0 Å². The van der Waals surface area contributed by atoms with Crippen molar-refractivity contribution in [1.82, 2.24) is 14.7 Å². The lowest BCUT2D eigenvalue weighted by Gasteiger charge is -2.37. The molecule has 3 rings (SSSR count). The molecule has 1 aliphatic carbocycles. The molecule has 0 spiro atoms. The van der Waals surface area contributed by atoms with Crippen molar-refractivity contribution in [2.24, 2.45) is 11.7 Å². The first-order chi connectivity index (χ1) is 11.5. The van der Waals surface area contributed by atoms with E-state index in [1.54, 1.807) is 0 Å². The third kappa shape index (κ3) is 4.30. The Morgan fingerprint density at radius 3 is 2.21 bits per heavy atom. The first-order valence-corrected chi connectivity index (χ1v) is 10.1. The fourth-order valence-electron chi connectivity index (χ4n) is 4.84. The van der Waals surface area contributed by atoms with Gasteiger partial charge in [0.15, 0.2) is 0 Å². The van der Waals surface area contributed by atoms with E-state index in [0.717, 1.165) is 57.6 Å². The van der Waals surface area contributed by atoms with E-state index >= 15 is 0 Å². The summed E-state index contributed by atoms with van der Waals surface area (Å²) in [5, 5.41) is 0. The highest BCUT2D eigenvalue weighted by Crippen LogP contribution is 2.27. The van der Waals surface area contributed by atoms with Gasteiger partial charge in [-0.3, -0.25) is 14.6 Å². The van der Waals surface area contributed by atoms with Crippen LogP contribution >= 0.6 is 0 Å². The van der Waals surface area contributed by atoms with E-state index in [1.807, 2.05) is 0 Å². The van der Waals surface area contributed by atoms with Crippen LogP contribution in [0.1, 0.15) is 52.4 Å². The van der Waals surface area contributed by atoms with Gasteiger partial charge in [-0.25, -0.2) is 0 Å². The van der Waals surface area contributed by atoms with E-state index in [4.69, 9.17) is 5.73 Å². The third-order valence-electron chi connectivity index (χ3n) is 6.69. The summed E-state index contributed by atoms with van der Waals surface area (Å²) in [7, 11) is 0. The van der Waals surface area contributed by atoms with Crippen LogP contribution in [0, 0.1) is 5.92 Å². The minimum Gasteiger partial charge on any atom is -0.340 e. The molecule has 1 saturated carbocycles. The highest BCUT2D eigenvalue weighted by atomic mass is 16.2. The predicted molar refractivity (Wildman–Crippen MR) is 97.8 cm³/mol. The van der Waals surface area contributed by atoms with Crippen molar-refractivity contribution in [1.29, 1.82) is 0 Å². The predicted octanol–water partition coefficient (Wildman–Crippen LogP) is 1.52. The first-order valence-electron chi connectivity index (χ1n) is 10.1. The lowest BCUT2D eigenvalue weighted by molar-refractivity contribution is -0.134. The molecule has 1 amide bonds. The van der Waals surface area contributed by atoms with Crippen molar-refractivity contribution in [2.75, 3.05) is 39.3 Å². The second-order valence-corrected chi connectivity index (χ2v) is 8.29. The van der Waals surface area contributed by atoms with Gasteiger partial charge in [-0.15, -0.1) is 0 Å². The topological polar surface area (TPSA) is 52.8 Å². The minimum atomic E-state index is 0.250. The van der Waals surface area contributed by atoms with E-state index in [9.17, 15) is 4.79 Å². The van der Waals surface area contributed by atoms with Crippen molar-refractivity contribution >= 4 is 5.91 Å². The smallest absolute Gasteiger partial charge is 0.222 e. The number of rotatable bonds is 5. The molecule has 2 N–H and O–H groups in total. The zero-order valence-electron chi connectivity index (χ0n) is 15.6. The quantitative estimate of drug-likeness (QED) is 0.827. The van der Waals surface area contributed by atoms with Crippen LogP contribution in [-0.2, 0) is 4.79 Å². The van der Waals surface area contributed by atoms with Crippen LogP contribution in [0.15, 0.2) is 0 Å². The monoisotopic (exact) mass is 336 g/mol. The van der Waals surface area contributed by atoms with Gasteiger partial charge in [0.1, 0.15) is 0 Å². The highest BCUT2D eigenvalue weighted by Gasteiger charge is 2.30. The van der Waals surface area contributed by atoms with Gasteiger partial charge in [0.25, 0.3) is 0 Å². The summed E-state index contributed by atoms with van der Waals surface area (Å²) in [5.41, 5.74) is 6.12. The molecule has 3 fully saturated rings. The van der Waals surface area contributed by atoms with Gasteiger partial charge in [-0.2, -0.15) is 0 Å². The molecule has 0 aromatic rings. The number of nitrogens with zero attached hydrogens (tertiary/aromatic N) is 3. The normalized spacial score (nSPS) is 35.7. The van der Waals surface area contributed by atoms with Gasteiger partial charge >= 0.3 is 0 Å². The number of carbonyl (C=O) groups excluding carboxylic acids is 1. The molecular formula is C19H36N4O. The molecule has 3 aliphatic rings. The van der Waals surface area contributed by atoms with Crippen LogP contribution in [-0.4, -0.2) is 78.0 Å². The minimum absolute atomic E-state index is 0.250. The molecule has 0 bridgehead atoms. The van der Waals surface area contributed by atoms with Crippen LogP contribution in [0.4, 0.5) is 0 Å². The van der Waals surface area contributed by atoms with Crippen LogP contribution < -0.4 is 5.73 Å². The fraction of sp³-hybridized carbons (Fsp3) is 0.947. The molecule has 2 heterocycles. The van der Waals surface area contributed by atoms with Gasteiger partial charge in [0.05, 0.1) is 0 Å². The Labute approximate surface area is 147 Å². The Balaban J connectivity index is 1.37. The molecule has 2 saturated heterocycles. The number of nitrogens with two attached hydrogens (primary N) is 1. The van der Waals surface area contributed by atoms with Gasteiger partial charge in [-0.05, 0) is 45.4 Å². The number of hydrogen-bond acceptors (Lipinski definition) is 4. The highest BCUT2D eigenvalue weighted by molar-refractivity contribution is 5.76. The molecule has 2 unspecified atom stereocenters. The number of piperazine rings is 1. The molecule has 138 valence electrons. The van der Waals surface area contributed by atoms with Crippen LogP contribution in [0.2, 0.25) is 0 Å². The number of likely N-dealkylation sites (tertiary alicyclic amines) is 1. The summed E-state index contributed by atoms with van der Waals surface area (Å²) in [6.45, 7) is 10.9. The van der Waals surface area contributed by atoms with Gasteiger partial charge < -0.3 is 10.6 Å². The fourth-order valence-corrected chi connectivity index (χ4v) is 4.84. The van der Waals surface area contributed by atoms with Crippen LogP contribution in [0.5, 0.6) is 0 Å². The summed E-state index contributed by atoms with van der Waals surface area (Å²) in [6, 6.07) is 1.72. The maximum atomic E-state index is 12.5. The molecule has 0 radical (unpaired) electrons. The first kappa shape index (κ1) is 18.2. The van der Waals surface area contributed by atoms with Crippen LogP contribution in [0.25, 0.3) is 0 Å². The Kier molecular flexibility index (Phi) is 6.17. The van der Waals surface area contributed by atoms with Crippen molar-refractivity contribution in [3.8, 4) is 0 Å². The lowest BCUT2D eigenvalue weighted by atomic mass is 9.99. The second kappa shape index (κ2) is 8.15. The van der Waals surface area contributed by atoms with E-state index in [-0.39, 0.29) is 6.04 Å². The molecular weight excluding hydrogens is 300 g/mol. The third-order valence-corrected chi connectivity index (χ3v) is 6.69. The maximum Gasteiger partial charge on any atom is 0.222 e. The Hall–Kier alpha value is -0.650. The van der Waals surface area contributed by atoms with Gasteiger partial charge in [0, 0.05) is 63.8 Å². The van der Waals surface area contributed by atoms with Crippen molar-refractivity contribution in [3.05, 3.63) is 0 Å². The molecule has 0 aromatic heterocycles. The second-order valence-electron chi connectivity index (χ2n) is 8.29. The van der Waals surface area contributed by atoms with E-state index in [2.05, 4.69) is 28.5 Å². The van der Waals surface area contributed by atoms with E-state index < -0.39 is 0 Å². The summed E-state index contributed by atoms with van der Waals surface area (Å²) in [4.78, 5) is 19.8. The summed E-state index contributed by atoms with van der Waals surface area (Å²) in [6.07, 6.45) is 6.78. The summed E-state index contributed by atoms with van der Waals surface area (Å²) >= 11 is 0. The maximum absolute atomic E-state index is 12.5. The number of carbonyl (C=O) groups is 1. The molecule has 5 nitrogen and oxygen atoms in total. The number of amides is 1. The average Bonchev–Trinajstić information content (AvgIpc) is 3.12. The molecule has 2 aliphatic heterocycles. The van der Waals surface area contributed by atoms with E-state index in [1.165, 1.54) is 25.8 Å². The van der Waals surface area contributed by atoms with Crippen molar-refractivity contribution in [2.45, 2.75) is 70.5 Å². The number of hydrogen-bond donors (Lipinski definition) is 1. The van der Waals surface area contributed by atoms with Crippen molar-refractivity contribution < 1.29 is 4.79 Å². The SMILES string of the molecule is CC1CCC(C)N1CCN1CCN(C(=O)C[C@@H]2CCC[C@H]2N)CC1. The largest absolute Gasteiger partial charge is 0.340 e. The Morgan fingerprint density at radius 1 is 0.958 bits per heavy atom. The molecule has 0 aromatic carbocycles. The standard InChI is InChI=1S/C19H36N4O/c1-15-6-7-16(2)23(15)13-10-21-8-11-22(12-9-21)19(24)14-17-4-3-5-18(17)20/h15-18H,3-14,20H2,1-2H3/t15?,16?,17-,18+/m0/s1. The summed E-state index contributed by atoms with van der Waals surface area (Å²) < 4.78 is 0. The molecule has 5 heteroatoms. The van der Waals surface area contributed by atoms with Gasteiger partial charge in [0.2, 0.25) is 5.91 Å². The van der Waals surface area contributed by atoms with Gasteiger partial charge in [-0.1, -0.05) is 6.42 Å². The molecule has 4 atom stereocenters. The molecule has 24 heavy (non-hydrogen) atoms. The Bertz CT molecular complexity index is 412. The summed E-state index contributed by atoms with van der Waals surface area (Å²) in [5.74, 6) is 0.757. The lowest BCUT2D eigenvalue weighted by Crippen LogP contribution is -2.51. The average molecular weight is 337 g/mol. The van der Waals surface area contributed by atoms with Crippen molar-refractivity contribution in [3.63, 3.8) is 0 Å².